The number of rotatable bonds is 7. The minimum absolute atomic E-state index is 0.951. The van der Waals surface area contributed by atoms with Crippen molar-refractivity contribution < 1.29 is 0 Å². The van der Waals surface area contributed by atoms with Crippen LogP contribution in [0.25, 0.3) is 0 Å². The van der Waals surface area contributed by atoms with Gasteiger partial charge in [0.15, 0.2) is 0 Å². The monoisotopic (exact) mass is 170 g/mol. The first-order chi connectivity index (χ1) is 5.76. The smallest absolute Gasteiger partial charge is 0.0391 e. The van der Waals surface area contributed by atoms with Crippen LogP contribution in [0.15, 0.2) is 0 Å². The van der Waals surface area contributed by atoms with Crippen molar-refractivity contribution in [3.8, 4) is 0 Å². The molecular weight excluding hydrogens is 144 g/mol. The molecule has 0 heteroatoms. The summed E-state index contributed by atoms with van der Waals surface area (Å²) >= 11 is 0. The molecule has 0 bridgehead atoms. The highest BCUT2D eigenvalue weighted by Crippen LogP contribution is 2.25. The van der Waals surface area contributed by atoms with Crippen LogP contribution < -0.4 is 0 Å². The summed E-state index contributed by atoms with van der Waals surface area (Å²) in [5, 5.41) is 0. The minimum Gasteiger partial charge on any atom is -0.0654 e. The van der Waals surface area contributed by atoms with Crippen LogP contribution in [0.5, 0.6) is 0 Å². The van der Waals surface area contributed by atoms with Gasteiger partial charge in [0.05, 0.1) is 0 Å². The van der Waals surface area contributed by atoms with Crippen molar-refractivity contribution >= 4 is 0 Å². The Bertz CT molecular complexity index is 86.0. The lowest BCUT2D eigenvalue weighted by Gasteiger charge is -2.21. The van der Waals surface area contributed by atoms with Crippen molar-refractivity contribution in [1.82, 2.24) is 0 Å². The van der Waals surface area contributed by atoms with E-state index in [0.29, 0.717) is 0 Å². The van der Waals surface area contributed by atoms with Gasteiger partial charge in [0.2, 0.25) is 0 Å². The van der Waals surface area contributed by atoms with Gasteiger partial charge in [-0.05, 0) is 11.8 Å². The normalized spacial score (nSPS) is 16.0. The second-order valence-electron chi connectivity index (χ2n) is 4.08. The van der Waals surface area contributed by atoms with Gasteiger partial charge in [-0.15, -0.1) is 0 Å². The zero-order valence-electron chi connectivity index (χ0n) is 9.40. The average Bonchev–Trinajstić information content (AvgIpc) is 2.06. The number of hydrogen-bond donors (Lipinski definition) is 0. The molecule has 12 heavy (non-hydrogen) atoms. The molecule has 0 aliphatic carbocycles. The highest BCUT2D eigenvalue weighted by atomic mass is 14.2. The van der Waals surface area contributed by atoms with Crippen LogP contribution in [0.1, 0.15) is 66.2 Å². The molecule has 0 radical (unpaired) electrons. The molecule has 0 spiro atoms. The Kier molecular flexibility index (Phi) is 7.64. The van der Waals surface area contributed by atoms with E-state index in [1.165, 1.54) is 38.5 Å². The molecule has 0 N–H and O–H groups in total. The van der Waals surface area contributed by atoms with E-state index < -0.39 is 0 Å². The lowest BCUT2D eigenvalue weighted by atomic mass is 9.84. The van der Waals surface area contributed by atoms with Gasteiger partial charge in [0.25, 0.3) is 0 Å². The largest absolute Gasteiger partial charge is 0.0654 e. The summed E-state index contributed by atoms with van der Waals surface area (Å²) in [6.45, 7) is 9.35. The van der Waals surface area contributed by atoms with E-state index in [1.807, 2.05) is 0 Å². The molecule has 0 saturated carbocycles. The third-order valence-electron chi connectivity index (χ3n) is 3.00. The van der Waals surface area contributed by atoms with Gasteiger partial charge in [0.1, 0.15) is 0 Å². The van der Waals surface area contributed by atoms with Gasteiger partial charge in [-0.2, -0.15) is 0 Å². The molecular formula is C12H26. The summed E-state index contributed by atoms with van der Waals surface area (Å²) in [5.74, 6) is 1.94. The van der Waals surface area contributed by atoms with E-state index in [9.17, 15) is 0 Å². The average molecular weight is 170 g/mol. The van der Waals surface area contributed by atoms with Gasteiger partial charge >= 0.3 is 0 Å². The molecule has 0 nitrogen and oxygen atoms in total. The predicted molar refractivity (Wildman–Crippen MR) is 57.4 cm³/mol. The van der Waals surface area contributed by atoms with Crippen LogP contribution in [-0.4, -0.2) is 0 Å². The highest BCUT2D eigenvalue weighted by molar-refractivity contribution is 4.64. The fraction of sp³-hybridized carbons (Fsp3) is 1.00. The molecule has 0 aromatic carbocycles. The van der Waals surface area contributed by atoms with E-state index in [2.05, 4.69) is 27.7 Å². The zero-order chi connectivity index (χ0) is 9.40. The van der Waals surface area contributed by atoms with Crippen molar-refractivity contribution in [2.45, 2.75) is 66.2 Å². The summed E-state index contributed by atoms with van der Waals surface area (Å²) in [6.07, 6.45) is 8.38. The molecule has 0 aromatic rings. The standard InChI is InChI=1S/C12H26/c1-5-8-10-12(7-3)11(4)9-6-2/h11-12H,5-10H2,1-4H3. The van der Waals surface area contributed by atoms with E-state index >= 15 is 0 Å². The van der Waals surface area contributed by atoms with Crippen LogP contribution in [0.3, 0.4) is 0 Å². The van der Waals surface area contributed by atoms with E-state index in [4.69, 9.17) is 0 Å². The fourth-order valence-electron chi connectivity index (χ4n) is 2.05. The van der Waals surface area contributed by atoms with Gasteiger partial charge in [-0.3, -0.25) is 0 Å². The van der Waals surface area contributed by atoms with Gasteiger partial charge < -0.3 is 0 Å². The van der Waals surface area contributed by atoms with Crippen LogP contribution in [0.4, 0.5) is 0 Å². The van der Waals surface area contributed by atoms with Gasteiger partial charge in [-0.25, -0.2) is 0 Å². The molecule has 0 saturated heterocycles. The van der Waals surface area contributed by atoms with Crippen molar-refractivity contribution in [2.75, 3.05) is 0 Å². The quantitative estimate of drug-likeness (QED) is 0.522. The van der Waals surface area contributed by atoms with Crippen molar-refractivity contribution in [3.05, 3.63) is 0 Å². The Balaban J connectivity index is 3.62. The Hall–Kier alpha value is 0. The fourth-order valence-corrected chi connectivity index (χ4v) is 2.05. The second-order valence-corrected chi connectivity index (χ2v) is 4.08. The van der Waals surface area contributed by atoms with Crippen LogP contribution >= 0.6 is 0 Å². The van der Waals surface area contributed by atoms with E-state index in [0.717, 1.165) is 11.8 Å². The third-order valence-corrected chi connectivity index (χ3v) is 3.00. The molecule has 2 unspecified atom stereocenters. The Morgan fingerprint density at radius 1 is 0.917 bits per heavy atom. The van der Waals surface area contributed by atoms with Crippen LogP contribution in [0, 0.1) is 11.8 Å². The number of hydrogen-bond acceptors (Lipinski definition) is 0. The number of unbranched alkanes of at least 4 members (excludes halogenated alkanes) is 1. The van der Waals surface area contributed by atoms with Crippen molar-refractivity contribution in [1.29, 1.82) is 0 Å². The van der Waals surface area contributed by atoms with Crippen molar-refractivity contribution in [2.24, 2.45) is 11.8 Å². The summed E-state index contributed by atoms with van der Waals surface area (Å²) in [6, 6.07) is 0. The summed E-state index contributed by atoms with van der Waals surface area (Å²) in [4.78, 5) is 0. The molecule has 0 rings (SSSR count). The Labute approximate surface area is 78.8 Å². The highest BCUT2D eigenvalue weighted by Gasteiger charge is 2.13. The maximum Gasteiger partial charge on any atom is -0.0391 e. The van der Waals surface area contributed by atoms with Gasteiger partial charge in [0, 0.05) is 0 Å². The topological polar surface area (TPSA) is 0 Å². The van der Waals surface area contributed by atoms with Gasteiger partial charge in [-0.1, -0.05) is 66.2 Å². The molecule has 0 heterocycles. The minimum atomic E-state index is 0.951. The Morgan fingerprint density at radius 3 is 2.00 bits per heavy atom. The lowest BCUT2D eigenvalue weighted by Crippen LogP contribution is -2.10. The summed E-state index contributed by atoms with van der Waals surface area (Å²) < 4.78 is 0. The molecule has 0 aliphatic heterocycles. The lowest BCUT2D eigenvalue weighted by molar-refractivity contribution is 0.300. The zero-order valence-corrected chi connectivity index (χ0v) is 9.40. The molecule has 2 atom stereocenters. The first-order valence-electron chi connectivity index (χ1n) is 5.76. The Morgan fingerprint density at radius 2 is 1.58 bits per heavy atom. The van der Waals surface area contributed by atoms with Crippen LogP contribution in [0.2, 0.25) is 0 Å². The maximum atomic E-state index is 2.42. The molecule has 0 aromatic heterocycles. The van der Waals surface area contributed by atoms with Crippen LogP contribution in [-0.2, 0) is 0 Å². The van der Waals surface area contributed by atoms with Crippen molar-refractivity contribution in [3.63, 3.8) is 0 Å². The van der Waals surface area contributed by atoms with E-state index in [-0.39, 0.29) is 0 Å². The molecule has 0 fully saturated rings. The van der Waals surface area contributed by atoms with E-state index in [1.54, 1.807) is 0 Å². The molecule has 0 aliphatic rings. The first-order valence-corrected chi connectivity index (χ1v) is 5.76. The summed E-state index contributed by atoms with van der Waals surface area (Å²) in [5.41, 5.74) is 0. The SMILES string of the molecule is CCCCC(CC)C(C)CCC. The summed E-state index contributed by atoms with van der Waals surface area (Å²) in [7, 11) is 0. The second kappa shape index (κ2) is 7.64. The molecule has 74 valence electrons. The maximum absolute atomic E-state index is 2.42. The first kappa shape index (κ1) is 12.0. The third kappa shape index (κ3) is 4.79. The molecule has 0 amide bonds. The predicted octanol–water partition coefficient (Wildman–Crippen LogP) is 4.64.